The highest BCUT2D eigenvalue weighted by Gasteiger charge is 2.35. The van der Waals surface area contributed by atoms with Gasteiger partial charge in [-0.05, 0) is 56.4 Å². The lowest BCUT2D eigenvalue weighted by atomic mass is 10.0. The van der Waals surface area contributed by atoms with E-state index in [4.69, 9.17) is 0 Å². The maximum atomic E-state index is 13.5. The van der Waals surface area contributed by atoms with Gasteiger partial charge in [-0.1, -0.05) is 43.3 Å². The SMILES string of the molecule is CCN(CC)C(=O)C1CN(c2cccc3ccccc23)CCN1CCC1CSC(C)C1. The van der Waals surface area contributed by atoms with Crippen LogP contribution in [0.5, 0.6) is 0 Å². The maximum Gasteiger partial charge on any atom is 0.241 e. The molecule has 2 fully saturated rings. The van der Waals surface area contributed by atoms with E-state index in [1.54, 1.807) is 0 Å². The molecule has 4 nitrogen and oxygen atoms in total. The van der Waals surface area contributed by atoms with E-state index in [2.05, 4.69) is 84.8 Å². The summed E-state index contributed by atoms with van der Waals surface area (Å²) >= 11 is 2.11. The van der Waals surface area contributed by atoms with Gasteiger partial charge in [0.25, 0.3) is 0 Å². The second kappa shape index (κ2) is 10.3. The van der Waals surface area contributed by atoms with Crippen LogP contribution in [0.1, 0.15) is 33.6 Å². The molecular weight excluding hydrogens is 402 g/mol. The number of carbonyl (C=O) groups is 1. The molecule has 4 rings (SSSR count). The highest BCUT2D eigenvalue weighted by Crippen LogP contribution is 2.34. The summed E-state index contributed by atoms with van der Waals surface area (Å²) in [5.74, 6) is 2.38. The van der Waals surface area contributed by atoms with Crippen molar-refractivity contribution >= 4 is 34.1 Å². The van der Waals surface area contributed by atoms with Gasteiger partial charge in [0, 0.05) is 49.0 Å². The zero-order valence-corrected chi connectivity index (χ0v) is 20.1. The van der Waals surface area contributed by atoms with Gasteiger partial charge in [0.1, 0.15) is 6.04 Å². The molecule has 2 aromatic rings. The van der Waals surface area contributed by atoms with Crippen molar-refractivity contribution in [3.8, 4) is 0 Å². The van der Waals surface area contributed by atoms with Gasteiger partial charge >= 0.3 is 0 Å². The Morgan fingerprint density at radius 1 is 1.10 bits per heavy atom. The van der Waals surface area contributed by atoms with Crippen LogP contribution in [0, 0.1) is 5.92 Å². The van der Waals surface area contributed by atoms with Crippen LogP contribution in [0.4, 0.5) is 5.69 Å². The lowest BCUT2D eigenvalue weighted by Crippen LogP contribution is -2.60. The largest absolute Gasteiger partial charge is 0.368 e. The number of fused-ring (bicyclic) bond motifs is 1. The Bertz CT molecular complexity index is 879. The summed E-state index contributed by atoms with van der Waals surface area (Å²) < 4.78 is 0. The standard InChI is InChI=1S/C26H37N3OS/c1-4-27(5-2)26(30)25-18-29(24-12-8-10-22-9-6-7-11-23(22)24)16-15-28(25)14-13-21-17-20(3)31-19-21/h6-12,20-21,25H,4-5,13-19H2,1-3H3. The summed E-state index contributed by atoms with van der Waals surface area (Å²) in [5, 5.41) is 3.34. The summed E-state index contributed by atoms with van der Waals surface area (Å²) in [6, 6.07) is 15.1. The molecule has 0 bridgehead atoms. The van der Waals surface area contributed by atoms with Crippen molar-refractivity contribution < 1.29 is 4.79 Å². The minimum absolute atomic E-state index is 0.0564. The first-order chi connectivity index (χ1) is 15.1. The molecule has 0 saturated carbocycles. The molecule has 2 aliphatic heterocycles. The molecule has 3 atom stereocenters. The fourth-order valence-electron chi connectivity index (χ4n) is 5.23. The van der Waals surface area contributed by atoms with Gasteiger partial charge in [-0.25, -0.2) is 0 Å². The molecule has 1 amide bonds. The lowest BCUT2D eigenvalue weighted by molar-refractivity contribution is -0.137. The number of piperazine rings is 1. The predicted molar refractivity (Wildman–Crippen MR) is 134 cm³/mol. The van der Waals surface area contributed by atoms with Crippen LogP contribution in [-0.2, 0) is 4.79 Å². The Kier molecular flexibility index (Phi) is 7.44. The summed E-state index contributed by atoms with van der Waals surface area (Å²) in [6.07, 6.45) is 2.54. The molecule has 31 heavy (non-hydrogen) atoms. The average molecular weight is 440 g/mol. The van der Waals surface area contributed by atoms with Crippen LogP contribution >= 0.6 is 11.8 Å². The Morgan fingerprint density at radius 2 is 1.87 bits per heavy atom. The Labute approximate surface area is 192 Å². The van der Waals surface area contributed by atoms with E-state index in [1.165, 1.54) is 35.1 Å². The quantitative estimate of drug-likeness (QED) is 0.623. The van der Waals surface area contributed by atoms with E-state index in [9.17, 15) is 4.79 Å². The van der Waals surface area contributed by atoms with Gasteiger partial charge in [0.2, 0.25) is 5.91 Å². The van der Waals surface area contributed by atoms with Crippen LogP contribution in [0.15, 0.2) is 42.5 Å². The molecule has 2 heterocycles. The third-order valence-electron chi connectivity index (χ3n) is 7.06. The second-order valence-electron chi connectivity index (χ2n) is 9.04. The van der Waals surface area contributed by atoms with E-state index in [1.807, 2.05) is 4.90 Å². The number of benzene rings is 2. The molecule has 2 aromatic carbocycles. The minimum Gasteiger partial charge on any atom is -0.368 e. The van der Waals surface area contributed by atoms with Crippen molar-refractivity contribution in [1.29, 1.82) is 0 Å². The predicted octanol–water partition coefficient (Wildman–Crippen LogP) is 4.73. The molecular formula is C26H37N3OS. The fourth-order valence-corrected chi connectivity index (χ4v) is 6.54. The molecule has 0 radical (unpaired) electrons. The van der Waals surface area contributed by atoms with Gasteiger partial charge in [-0.15, -0.1) is 0 Å². The first-order valence-electron chi connectivity index (χ1n) is 12.0. The van der Waals surface area contributed by atoms with Gasteiger partial charge in [-0.2, -0.15) is 11.8 Å². The first-order valence-corrected chi connectivity index (χ1v) is 13.0. The number of nitrogens with zero attached hydrogens (tertiary/aromatic N) is 3. The van der Waals surface area contributed by atoms with E-state index in [0.717, 1.165) is 50.4 Å². The van der Waals surface area contributed by atoms with E-state index in [0.29, 0.717) is 5.91 Å². The van der Waals surface area contributed by atoms with Crippen molar-refractivity contribution in [3.63, 3.8) is 0 Å². The molecule has 0 spiro atoms. The van der Waals surface area contributed by atoms with E-state index in [-0.39, 0.29) is 6.04 Å². The number of likely N-dealkylation sites (N-methyl/N-ethyl adjacent to an activating group) is 1. The van der Waals surface area contributed by atoms with Gasteiger partial charge in [0.05, 0.1) is 0 Å². The zero-order chi connectivity index (χ0) is 21.8. The topological polar surface area (TPSA) is 26.8 Å². The molecule has 3 unspecified atom stereocenters. The summed E-state index contributed by atoms with van der Waals surface area (Å²) in [5.41, 5.74) is 1.26. The van der Waals surface area contributed by atoms with Crippen molar-refractivity contribution in [2.75, 3.05) is 49.9 Å². The number of thioether (sulfide) groups is 1. The highest BCUT2D eigenvalue weighted by molar-refractivity contribution is 8.00. The van der Waals surface area contributed by atoms with Gasteiger partial charge in [0.15, 0.2) is 0 Å². The number of carbonyl (C=O) groups excluding carboxylic acids is 1. The second-order valence-corrected chi connectivity index (χ2v) is 10.5. The van der Waals surface area contributed by atoms with Gasteiger partial charge < -0.3 is 9.80 Å². The van der Waals surface area contributed by atoms with Crippen molar-refractivity contribution in [2.24, 2.45) is 5.92 Å². The van der Waals surface area contributed by atoms with Crippen LogP contribution in [-0.4, -0.2) is 72.0 Å². The molecule has 168 valence electrons. The summed E-state index contributed by atoms with van der Waals surface area (Å²) in [7, 11) is 0. The van der Waals surface area contributed by atoms with Crippen LogP contribution in [0.3, 0.4) is 0 Å². The van der Waals surface area contributed by atoms with Crippen LogP contribution in [0.25, 0.3) is 10.8 Å². The van der Waals surface area contributed by atoms with Crippen molar-refractivity contribution in [3.05, 3.63) is 42.5 Å². The minimum atomic E-state index is -0.0564. The molecule has 0 aromatic heterocycles. The van der Waals surface area contributed by atoms with Crippen molar-refractivity contribution in [1.82, 2.24) is 9.80 Å². The third-order valence-corrected chi connectivity index (χ3v) is 8.49. The van der Waals surface area contributed by atoms with Crippen LogP contribution < -0.4 is 4.90 Å². The normalized spacial score (nSPS) is 24.6. The van der Waals surface area contributed by atoms with Crippen molar-refractivity contribution in [2.45, 2.75) is 44.9 Å². The smallest absolute Gasteiger partial charge is 0.241 e. The third kappa shape index (κ3) is 5.04. The number of hydrogen-bond acceptors (Lipinski definition) is 4. The number of rotatable bonds is 7. The average Bonchev–Trinajstić information content (AvgIpc) is 3.23. The molecule has 5 heteroatoms. The number of hydrogen-bond donors (Lipinski definition) is 0. The highest BCUT2D eigenvalue weighted by atomic mass is 32.2. The number of anilines is 1. The van der Waals surface area contributed by atoms with E-state index >= 15 is 0 Å². The first kappa shape index (κ1) is 22.5. The molecule has 0 N–H and O–H groups in total. The van der Waals surface area contributed by atoms with Gasteiger partial charge in [-0.3, -0.25) is 9.69 Å². The monoisotopic (exact) mass is 439 g/mol. The Morgan fingerprint density at radius 3 is 2.61 bits per heavy atom. The fraction of sp³-hybridized carbons (Fsp3) is 0.577. The summed E-state index contributed by atoms with van der Waals surface area (Å²) in [6.45, 7) is 11.8. The Hall–Kier alpha value is -1.72. The van der Waals surface area contributed by atoms with Crippen LogP contribution in [0.2, 0.25) is 0 Å². The number of amides is 1. The molecule has 2 saturated heterocycles. The molecule has 0 aliphatic carbocycles. The summed E-state index contributed by atoms with van der Waals surface area (Å²) in [4.78, 5) is 20.4. The maximum absolute atomic E-state index is 13.5. The Balaban J connectivity index is 1.53. The molecule has 2 aliphatic rings. The van der Waals surface area contributed by atoms with E-state index < -0.39 is 0 Å². The lowest BCUT2D eigenvalue weighted by Gasteiger charge is -2.43. The zero-order valence-electron chi connectivity index (χ0n) is 19.3.